The highest BCUT2D eigenvalue weighted by molar-refractivity contribution is 5.99. The zero-order valence-corrected chi connectivity index (χ0v) is 15.2. The minimum Gasteiger partial charge on any atom is -0.506 e. The molecule has 2 aromatic carbocycles. The number of aliphatic hydroxyl groups is 1. The molecule has 3 rings (SSSR count). The van der Waals surface area contributed by atoms with E-state index in [9.17, 15) is 32.6 Å². The van der Waals surface area contributed by atoms with Crippen molar-refractivity contribution in [1.82, 2.24) is 0 Å². The maximum absolute atomic E-state index is 13.6. The molecule has 154 valence electrons. The zero-order valence-electron chi connectivity index (χ0n) is 15.2. The summed E-state index contributed by atoms with van der Waals surface area (Å²) in [6, 6.07) is 7.97. The van der Waals surface area contributed by atoms with Gasteiger partial charge < -0.3 is 19.8 Å². The van der Waals surface area contributed by atoms with Gasteiger partial charge in [0.1, 0.15) is 17.1 Å². The average Bonchev–Trinajstić information content (AvgIpc) is 2.63. The minimum atomic E-state index is -4.65. The molecule has 0 bridgehead atoms. The highest BCUT2D eigenvalue weighted by Crippen LogP contribution is 2.42. The second-order valence-electron chi connectivity index (χ2n) is 6.36. The molecule has 2 aromatic rings. The van der Waals surface area contributed by atoms with Crippen molar-refractivity contribution in [1.29, 1.82) is 0 Å². The summed E-state index contributed by atoms with van der Waals surface area (Å²) in [5, 5.41) is 20.0. The van der Waals surface area contributed by atoms with E-state index in [0.717, 1.165) is 18.2 Å². The maximum atomic E-state index is 13.6. The molecule has 1 heterocycles. The van der Waals surface area contributed by atoms with Crippen LogP contribution < -0.4 is 4.90 Å². The van der Waals surface area contributed by atoms with E-state index in [1.807, 2.05) is 0 Å². The van der Waals surface area contributed by atoms with Crippen LogP contribution in [0, 0.1) is 5.82 Å². The first-order valence-corrected chi connectivity index (χ1v) is 8.64. The van der Waals surface area contributed by atoms with Crippen molar-refractivity contribution < 1.29 is 37.3 Å². The lowest BCUT2D eigenvalue weighted by molar-refractivity contribution is -0.138. The van der Waals surface area contributed by atoms with Gasteiger partial charge in [-0.1, -0.05) is 12.1 Å². The van der Waals surface area contributed by atoms with Gasteiger partial charge in [-0.05, 0) is 42.8 Å². The Labute approximate surface area is 163 Å². The van der Waals surface area contributed by atoms with Gasteiger partial charge in [0.15, 0.2) is 6.23 Å². The number of carbonyl (C=O) groups is 1. The first kappa shape index (κ1) is 20.7. The number of alkyl halides is 3. The predicted molar refractivity (Wildman–Crippen MR) is 96.6 cm³/mol. The number of hydrogen-bond acceptors (Lipinski definition) is 4. The van der Waals surface area contributed by atoms with E-state index in [4.69, 9.17) is 4.74 Å². The number of benzene rings is 2. The highest BCUT2D eigenvalue weighted by atomic mass is 19.4. The van der Waals surface area contributed by atoms with E-state index >= 15 is 0 Å². The second-order valence-corrected chi connectivity index (χ2v) is 6.36. The Balaban J connectivity index is 2.21. The molecule has 1 aliphatic rings. The summed E-state index contributed by atoms with van der Waals surface area (Å²) in [7, 11) is 0. The SMILES string of the molecule is CCOC1C(C(=O)O)=C(O)c2ccc(C(F)(F)F)cc2N1Cc1cccc(F)c1. The molecule has 1 atom stereocenters. The summed E-state index contributed by atoms with van der Waals surface area (Å²) in [6.07, 6.45) is -6.01. The van der Waals surface area contributed by atoms with E-state index in [0.29, 0.717) is 5.56 Å². The average molecular weight is 411 g/mol. The third-order valence-corrected chi connectivity index (χ3v) is 4.47. The summed E-state index contributed by atoms with van der Waals surface area (Å²) in [5.41, 5.74) is -1.23. The van der Waals surface area contributed by atoms with Gasteiger partial charge in [0.25, 0.3) is 0 Å². The monoisotopic (exact) mass is 411 g/mol. The predicted octanol–water partition coefficient (Wildman–Crippen LogP) is 4.58. The van der Waals surface area contributed by atoms with Crippen LogP contribution in [0.4, 0.5) is 23.2 Å². The first-order chi connectivity index (χ1) is 13.6. The molecule has 0 aliphatic carbocycles. The maximum Gasteiger partial charge on any atom is 0.416 e. The molecule has 1 aliphatic heterocycles. The van der Waals surface area contributed by atoms with Gasteiger partial charge in [-0.25, -0.2) is 9.18 Å². The minimum absolute atomic E-state index is 0.0304. The number of halogens is 4. The van der Waals surface area contributed by atoms with E-state index in [1.54, 1.807) is 13.0 Å². The molecule has 0 fully saturated rings. The van der Waals surface area contributed by atoms with E-state index < -0.39 is 41.1 Å². The number of rotatable bonds is 5. The van der Waals surface area contributed by atoms with Gasteiger partial charge >= 0.3 is 12.1 Å². The Hall–Kier alpha value is -3.07. The molecule has 29 heavy (non-hydrogen) atoms. The van der Waals surface area contributed by atoms with E-state index in [-0.39, 0.29) is 24.4 Å². The Morgan fingerprint density at radius 1 is 1.21 bits per heavy atom. The number of carboxylic acids is 1. The van der Waals surface area contributed by atoms with Crippen LogP contribution in [0.2, 0.25) is 0 Å². The lowest BCUT2D eigenvalue weighted by atomic mass is 9.96. The first-order valence-electron chi connectivity index (χ1n) is 8.64. The molecule has 5 nitrogen and oxygen atoms in total. The van der Waals surface area contributed by atoms with Crippen LogP contribution in [-0.4, -0.2) is 29.0 Å². The fourth-order valence-electron chi connectivity index (χ4n) is 3.23. The Bertz CT molecular complexity index is 971. The lowest BCUT2D eigenvalue weighted by Gasteiger charge is -2.38. The molecule has 0 saturated heterocycles. The van der Waals surface area contributed by atoms with Gasteiger partial charge in [0.2, 0.25) is 0 Å². The number of nitrogens with zero attached hydrogens (tertiary/aromatic N) is 1. The van der Waals surface area contributed by atoms with Crippen molar-refractivity contribution >= 4 is 17.4 Å². The van der Waals surface area contributed by atoms with Crippen molar-refractivity contribution in [2.24, 2.45) is 0 Å². The van der Waals surface area contributed by atoms with Crippen LogP contribution in [0.3, 0.4) is 0 Å². The molecule has 0 aromatic heterocycles. The number of ether oxygens (including phenoxy) is 1. The van der Waals surface area contributed by atoms with Gasteiger partial charge in [-0.2, -0.15) is 13.2 Å². The topological polar surface area (TPSA) is 70.0 Å². The number of fused-ring (bicyclic) bond motifs is 1. The molecule has 9 heteroatoms. The smallest absolute Gasteiger partial charge is 0.416 e. The number of anilines is 1. The van der Waals surface area contributed by atoms with E-state index in [2.05, 4.69) is 0 Å². The van der Waals surface area contributed by atoms with E-state index in [1.165, 1.54) is 23.1 Å². The fourth-order valence-corrected chi connectivity index (χ4v) is 3.23. The van der Waals surface area contributed by atoms with Crippen LogP contribution >= 0.6 is 0 Å². The summed E-state index contributed by atoms with van der Waals surface area (Å²) in [6.45, 7) is 1.47. The van der Waals surface area contributed by atoms with Crippen molar-refractivity contribution in [3.05, 3.63) is 70.5 Å². The van der Waals surface area contributed by atoms with Crippen molar-refractivity contribution in [2.75, 3.05) is 11.5 Å². The molecule has 0 spiro atoms. The van der Waals surface area contributed by atoms with Gasteiger partial charge in [-0.3, -0.25) is 0 Å². The standard InChI is InChI=1S/C20H17F4NO4/c1-2-29-18-16(19(27)28)17(26)14-7-6-12(20(22,23)24)9-15(14)25(18)10-11-4-3-5-13(21)8-11/h3-9,18,26H,2,10H2,1H3,(H,27,28). The number of hydrogen-bond donors (Lipinski definition) is 2. The van der Waals surface area contributed by atoms with Gasteiger partial charge in [0.05, 0.1) is 11.3 Å². The largest absolute Gasteiger partial charge is 0.506 e. The number of aliphatic hydroxyl groups excluding tert-OH is 1. The Morgan fingerprint density at radius 2 is 1.93 bits per heavy atom. The third kappa shape index (κ3) is 4.04. The number of carboxylic acid groups (broad SMARTS) is 1. The Morgan fingerprint density at radius 3 is 2.52 bits per heavy atom. The lowest BCUT2D eigenvalue weighted by Crippen LogP contribution is -2.44. The molecule has 2 N–H and O–H groups in total. The third-order valence-electron chi connectivity index (χ3n) is 4.47. The van der Waals surface area contributed by atoms with Crippen LogP contribution in [-0.2, 0) is 22.3 Å². The van der Waals surface area contributed by atoms with Gasteiger partial charge in [0, 0.05) is 18.7 Å². The fraction of sp³-hybridized carbons (Fsp3) is 0.250. The highest BCUT2D eigenvalue weighted by Gasteiger charge is 2.40. The van der Waals surface area contributed by atoms with Crippen molar-refractivity contribution in [3.8, 4) is 0 Å². The molecular weight excluding hydrogens is 394 g/mol. The second kappa shape index (κ2) is 7.75. The normalized spacial score (nSPS) is 16.7. The van der Waals surface area contributed by atoms with Crippen LogP contribution in [0.1, 0.15) is 23.6 Å². The summed E-state index contributed by atoms with van der Waals surface area (Å²) in [5.74, 6) is -2.69. The van der Waals surface area contributed by atoms with Crippen LogP contribution in [0.15, 0.2) is 48.0 Å². The summed E-state index contributed by atoms with van der Waals surface area (Å²) in [4.78, 5) is 13.0. The number of aliphatic carboxylic acids is 1. The summed E-state index contributed by atoms with van der Waals surface area (Å²) < 4.78 is 58.8. The molecule has 0 amide bonds. The van der Waals surface area contributed by atoms with Crippen LogP contribution in [0.5, 0.6) is 0 Å². The summed E-state index contributed by atoms with van der Waals surface area (Å²) >= 11 is 0. The Kier molecular flexibility index (Phi) is 5.52. The van der Waals surface area contributed by atoms with Crippen molar-refractivity contribution in [3.63, 3.8) is 0 Å². The molecular formula is C20H17F4NO4. The zero-order chi connectivity index (χ0) is 21.3. The van der Waals surface area contributed by atoms with Gasteiger partial charge in [-0.15, -0.1) is 0 Å². The quantitative estimate of drug-likeness (QED) is 0.705. The van der Waals surface area contributed by atoms with Crippen LogP contribution in [0.25, 0.3) is 5.76 Å². The molecule has 0 saturated carbocycles. The van der Waals surface area contributed by atoms with Crippen molar-refractivity contribution in [2.45, 2.75) is 25.9 Å². The molecule has 1 unspecified atom stereocenters. The molecule has 0 radical (unpaired) electrons.